The summed E-state index contributed by atoms with van der Waals surface area (Å²) < 4.78 is 5.05. The number of rotatable bonds is 3. The molecule has 0 saturated carbocycles. The number of ether oxygens (including phenoxy) is 1. The van der Waals surface area contributed by atoms with Crippen LogP contribution in [0.25, 0.3) is 0 Å². The largest absolute Gasteiger partial charge is 0.467 e. The van der Waals surface area contributed by atoms with Crippen molar-refractivity contribution in [3.63, 3.8) is 0 Å². The number of methoxy groups -OCH3 is 1. The fraction of sp³-hybridized carbons (Fsp3) is 0.636. The van der Waals surface area contributed by atoms with Gasteiger partial charge < -0.3 is 14.7 Å². The van der Waals surface area contributed by atoms with Crippen LogP contribution in [0.4, 0.5) is 5.82 Å². The summed E-state index contributed by atoms with van der Waals surface area (Å²) >= 11 is 0. The quantitative estimate of drug-likeness (QED) is 0.819. The smallest absolute Gasteiger partial charge is 0.318 e. The molecule has 0 unspecified atom stereocenters. The molecule has 5 heteroatoms. The Morgan fingerprint density at radius 2 is 2.38 bits per heavy atom. The van der Waals surface area contributed by atoms with Gasteiger partial charge in [-0.15, -0.1) is 0 Å². The molecule has 0 bridgehead atoms. The normalized spacial score (nSPS) is 20.2. The molecule has 1 aromatic heterocycles. The average Bonchev–Trinajstić information content (AvgIpc) is 2.76. The third-order valence-corrected chi connectivity index (χ3v) is 2.88. The highest BCUT2D eigenvalue weighted by atomic mass is 16.5. The zero-order valence-corrected chi connectivity index (χ0v) is 9.68. The van der Waals surface area contributed by atoms with Crippen molar-refractivity contribution >= 4 is 5.82 Å². The van der Waals surface area contributed by atoms with Gasteiger partial charge in [0.25, 0.3) is 0 Å². The van der Waals surface area contributed by atoms with Crippen molar-refractivity contribution in [1.29, 1.82) is 0 Å². The summed E-state index contributed by atoms with van der Waals surface area (Å²) in [6, 6.07) is 2.49. The first-order chi connectivity index (χ1) is 7.74. The summed E-state index contributed by atoms with van der Waals surface area (Å²) in [5, 5.41) is 9.28. The van der Waals surface area contributed by atoms with E-state index >= 15 is 0 Å². The van der Waals surface area contributed by atoms with Crippen LogP contribution in [-0.2, 0) is 0 Å². The molecule has 0 aliphatic carbocycles. The van der Waals surface area contributed by atoms with E-state index in [9.17, 15) is 5.11 Å². The lowest BCUT2D eigenvalue weighted by molar-refractivity contribution is 0.265. The van der Waals surface area contributed by atoms with Gasteiger partial charge in [0.15, 0.2) is 0 Å². The van der Waals surface area contributed by atoms with Crippen LogP contribution in [0.5, 0.6) is 6.01 Å². The van der Waals surface area contributed by atoms with E-state index in [2.05, 4.69) is 14.9 Å². The Hall–Kier alpha value is -1.36. The SMILES string of the molecule is COc1nc(C)cc(N2CCC[C@H]2CO)n1. The van der Waals surface area contributed by atoms with E-state index in [1.54, 1.807) is 7.11 Å². The molecule has 2 heterocycles. The average molecular weight is 223 g/mol. The van der Waals surface area contributed by atoms with Crippen molar-refractivity contribution in [1.82, 2.24) is 9.97 Å². The second-order valence-corrected chi connectivity index (χ2v) is 4.03. The van der Waals surface area contributed by atoms with E-state index in [0.717, 1.165) is 30.9 Å². The van der Waals surface area contributed by atoms with Gasteiger partial charge in [-0.25, -0.2) is 4.98 Å². The number of anilines is 1. The molecule has 88 valence electrons. The highest BCUT2D eigenvalue weighted by molar-refractivity contribution is 5.43. The van der Waals surface area contributed by atoms with Crippen molar-refractivity contribution in [3.8, 4) is 6.01 Å². The first-order valence-corrected chi connectivity index (χ1v) is 5.51. The molecule has 1 aromatic rings. The number of aromatic nitrogens is 2. The first-order valence-electron chi connectivity index (χ1n) is 5.51. The lowest BCUT2D eigenvalue weighted by atomic mass is 10.2. The third-order valence-electron chi connectivity index (χ3n) is 2.88. The topological polar surface area (TPSA) is 58.5 Å². The molecule has 0 spiro atoms. The van der Waals surface area contributed by atoms with Gasteiger partial charge in [0.1, 0.15) is 5.82 Å². The third kappa shape index (κ3) is 2.09. The number of aliphatic hydroxyl groups excluding tert-OH is 1. The predicted octanol–water partition coefficient (Wildman–Crippen LogP) is 0.755. The van der Waals surface area contributed by atoms with Crippen LogP contribution in [-0.4, -0.2) is 41.4 Å². The summed E-state index contributed by atoms with van der Waals surface area (Å²) in [5.74, 6) is 0.848. The summed E-state index contributed by atoms with van der Waals surface area (Å²) in [5.41, 5.74) is 0.880. The van der Waals surface area contributed by atoms with E-state index < -0.39 is 0 Å². The Morgan fingerprint density at radius 1 is 1.56 bits per heavy atom. The Balaban J connectivity index is 2.28. The maximum Gasteiger partial charge on any atom is 0.318 e. The number of nitrogens with zero attached hydrogens (tertiary/aromatic N) is 3. The second-order valence-electron chi connectivity index (χ2n) is 4.03. The fourth-order valence-corrected chi connectivity index (χ4v) is 2.09. The number of hydrogen-bond donors (Lipinski definition) is 1. The Labute approximate surface area is 95.1 Å². The van der Waals surface area contributed by atoms with Crippen molar-refractivity contribution < 1.29 is 9.84 Å². The minimum absolute atomic E-state index is 0.172. The maximum absolute atomic E-state index is 9.28. The van der Waals surface area contributed by atoms with Gasteiger partial charge in [0.2, 0.25) is 0 Å². The van der Waals surface area contributed by atoms with Gasteiger partial charge in [-0.2, -0.15) is 4.98 Å². The molecule has 1 saturated heterocycles. The number of hydrogen-bond acceptors (Lipinski definition) is 5. The number of aryl methyl sites for hydroxylation is 1. The molecule has 0 radical (unpaired) electrons. The van der Waals surface area contributed by atoms with Crippen LogP contribution in [0.2, 0.25) is 0 Å². The van der Waals surface area contributed by atoms with E-state index in [-0.39, 0.29) is 12.6 Å². The highest BCUT2D eigenvalue weighted by Crippen LogP contribution is 2.25. The van der Waals surface area contributed by atoms with Crippen LogP contribution in [0.3, 0.4) is 0 Å². The molecule has 1 N–H and O–H groups in total. The van der Waals surface area contributed by atoms with Crippen molar-refractivity contribution in [2.24, 2.45) is 0 Å². The molecular weight excluding hydrogens is 206 g/mol. The molecular formula is C11H17N3O2. The van der Waals surface area contributed by atoms with Gasteiger partial charge in [0, 0.05) is 18.3 Å². The lowest BCUT2D eigenvalue weighted by Crippen LogP contribution is -2.32. The van der Waals surface area contributed by atoms with E-state index in [1.165, 1.54) is 0 Å². The molecule has 5 nitrogen and oxygen atoms in total. The predicted molar refractivity (Wildman–Crippen MR) is 60.8 cm³/mol. The Kier molecular flexibility index (Phi) is 3.24. The van der Waals surface area contributed by atoms with Gasteiger partial charge in [-0.1, -0.05) is 0 Å². The van der Waals surface area contributed by atoms with E-state index in [4.69, 9.17) is 4.74 Å². The first kappa shape index (κ1) is 11.1. The highest BCUT2D eigenvalue weighted by Gasteiger charge is 2.25. The standard InChI is InChI=1S/C11H17N3O2/c1-8-6-10(13-11(12-8)16-2)14-5-3-4-9(14)7-15/h6,9,15H,3-5,7H2,1-2H3/t9-/m0/s1. The molecule has 2 rings (SSSR count). The van der Waals surface area contributed by atoms with Crippen molar-refractivity contribution in [2.45, 2.75) is 25.8 Å². The summed E-state index contributed by atoms with van der Waals surface area (Å²) in [6.45, 7) is 3.02. The molecule has 1 aliphatic heterocycles. The maximum atomic E-state index is 9.28. The summed E-state index contributed by atoms with van der Waals surface area (Å²) in [4.78, 5) is 10.6. The van der Waals surface area contributed by atoms with Crippen LogP contribution in [0.15, 0.2) is 6.07 Å². The van der Waals surface area contributed by atoms with Crippen LogP contribution in [0, 0.1) is 6.92 Å². The van der Waals surface area contributed by atoms with Gasteiger partial charge in [-0.05, 0) is 19.8 Å². The lowest BCUT2D eigenvalue weighted by Gasteiger charge is -2.24. The summed E-state index contributed by atoms with van der Waals surface area (Å²) in [7, 11) is 1.56. The Bertz CT molecular complexity index is 370. The van der Waals surface area contributed by atoms with E-state index in [1.807, 2.05) is 13.0 Å². The van der Waals surface area contributed by atoms with E-state index in [0.29, 0.717) is 6.01 Å². The fourth-order valence-electron chi connectivity index (χ4n) is 2.09. The minimum atomic E-state index is 0.172. The Morgan fingerprint density at radius 3 is 3.06 bits per heavy atom. The van der Waals surface area contributed by atoms with Gasteiger partial charge in [-0.3, -0.25) is 0 Å². The summed E-state index contributed by atoms with van der Waals surface area (Å²) in [6.07, 6.45) is 2.11. The van der Waals surface area contributed by atoms with Crippen molar-refractivity contribution in [3.05, 3.63) is 11.8 Å². The van der Waals surface area contributed by atoms with Crippen molar-refractivity contribution in [2.75, 3.05) is 25.2 Å². The van der Waals surface area contributed by atoms with Crippen LogP contribution < -0.4 is 9.64 Å². The number of aliphatic hydroxyl groups is 1. The molecule has 0 amide bonds. The van der Waals surface area contributed by atoms with Crippen LogP contribution >= 0.6 is 0 Å². The molecule has 0 aromatic carbocycles. The molecule has 16 heavy (non-hydrogen) atoms. The minimum Gasteiger partial charge on any atom is -0.467 e. The van der Waals surface area contributed by atoms with Crippen LogP contribution in [0.1, 0.15) is 18.5 Å². The monoisotopic (exact) mass is 223 g/mol. The molecule has 1 atom stereocenters. The second kappa shape index (κ2) is 4.65. The van der Waals surface area contributed by atoms with Gasteiger partial charge in [0.05, 0.1) is 19.8 Å². The van der Waals surface area contributed by atoms with Gasteiger partial charge >= 0.3 is 6.01 Å². The molecule has 1 aliphatic rings. The molecule has 1 fully saturated rings. The zero-order chi connectivity index (χ0) is 11.5. The zero-order valence-electron chi connectivity index (χ0n) is 9.68.